The number of anilines is 1. The number of halogens is 1. The van der Waals surface area contributed by atoms with Crippen molar-refractivity contribution in [2.45, 2.75) is 4.34 Å². The van der Waals surface area contributed by atoms with Crippen molar-refractivity contribution in [1.29, 1.82) is 0 Å². The molecule has 0 amide bonds. The average Bonchev–Trinajstić information content (AvgIpc) is 2.94. The highest BCUT2D eigenvalue weighted by Gasteiger charge is 2.10. The summed E-state index contributed by atoms with van der Waals surface area (Å²) in [6.45, 7) is 0. The molecule has 0 radical (unpaired) electrons. The van der Waals surface area contributed by atoms with Crippen LogP contribution in [0.3, 0.4) is 0 Å². The van der Waals surface area contributed by atoms with E-state index in [1.54, 1.807) is 23.9 Å². The molecule has 0 bridgehead atoms. The normalized spacial score (nSPS) is 11.2. The largest absolute Gasteiger partial charge is 0.389 e. The summed E-state index contributed by atoms with van der Waals surface area (Å²) in [5, 5.41) is 0.658. The van der Waals surface area contributed by atoms with Crippen molar-refractivity contribution in [1.82, 2.24) is 4.98 Å². The van der Waals surface area contributed by atoms with Crippen molar-refractivity contribution in [2.24, 2.45) is 0 Å². The van der Waals surface area contributed by atoms with E-state index in [0.717, 1.165) is 21.3 Å². The molecule has 0 atom stereocenters. The molecule has 116 valence electrons. The molecule has 0 aliphatic rings. The van der Waals surface area contributed by atoms with Gasteiger partial charge in [-0.15, -0.1) is 0 Å². The quantitative estimate of drug-likeness (QED) is 0.636. The fraction of sp³-hybridized carbons (Fsp3) is 0.0556. The fourth-order valence-electron chi connectivity index (χ4n) is 2.06. The molecule has 3 aromatic rings. The van der Waals surface area contributed by atoms with Gasteiger partial charge in [-0.05, 0) is 29.8 Å². The Balaban J connectivity index is 1.64. The van der Waals surface area contributed by atoms with Crippen LogP contribution in [0, 0.1) is 5.82 Å². The minimum atomic E-state index is -0.261. The Morgan fingerprint density at radius 1 is 1.09 bits per heavy atom. The topological polar surface area (TPSA) is 38.9 Å². The maximum atomic E-state index is 13.0. The van der Waals surface area contributed by atoms with Crippen molar-refractivity contribution in [3.05, 3.63) is 72.1 Å². The third kappa shape index (κ3) is 4.21. The molecule has 1 heterocycles. The summed E-state index contributed by atoms with van der Waals surface area (Å²) in [6.07, 6.45) is 4.19. The highest BCUT2D eigenvalue weighted by molar-refractivity contribution is 8.01. The number of thioether (sulfide) groups is 1. The van der Waals surface area contributed by atoms with Gasteiger partial charge in [0.25, 0.3) is 0 Å². The fourth-order valence-corrected chi connectivity index (χ4v) is 3.84. The van der Waals surface area contributed by atoms with Gasteiger partial charge in [-0.2, -0.15) is 0 Å². The first-order valence-corrected chi connectivity index (χ1v) is 8.89. The van der Waals surface area contributed by atoms with Gasteiger partial charge >= 0.3 is 0 Å². The molecule has 0 saturated carbocycles. The minimum absolute atomic E-state index is 0.261. The van der Waals surface area contributed by atoms with E-state index < -0.39 is 0 Å². The maximum absolute atomic E-state index is 13.0. The van der Waals surface area contributed by atoms with E-state index >= 15 is 0 Å². The monoisotopic (exact) mass is 342 g/mol. The molecule has 0 saturated heterocycles. The summed E-state index contributed by atoms with van der Waals surface area (Å²) in [4.78, 5) is 4.55. The van der Waals surface area contributed by atoms with E-state index in [4.69, 9.17) is 5.73 Å². The van der Waals surface area contributed by atoms with E-state index in [1.165, 1.54) is 29.0 Å². The van der Waals surface area contributed by atoms with Crippen molar-refractivity contribution in [2.75, 3.05) is 11.5 Å². The number of nitrogens with zero attached hydrogens (tertiary/aromatic N) is 1. The first-order chi connectivity index (χ1) is 11.2. The zero-order valence-corrected chi connectivity index (χ0v) is 13.9. The van der Waals surface area contributed by atoms with Gasteiger partial charge < -0.3 is 5.73 Å². The van der Waals surface area contributed by atoms with Crippen LogP contribution in [-0.2, 0) is 0 Å². The standard InChI is InChI=1S/C18H15FN2S2/c19-15-10-8-14(9-11-15)16-17(20)23-18(21-16)22-12-4-7-13-5-2-1-3-6-13/h1-11H,12,20H2/b7-4+. The number of hydrogen-bond acceptors (Lipinski definition) is 4. The Kier molecular flexibility index (Phi) is 5.10. The van der Waals surface area contributed by atoms with Crippen LogP contribution in [0.25, 0.3) is 17.3 Å². The van der Waals surface area contributed by atoms with E-state index in [0.29, 0.717) is 5.00 Å². The molecule has 0 unspecified atom stereocenters. The van der Waals surface area contributed by atoms with Gasteiger partial charge in [0.1, 0.15) is 16.5 Å². The van der Waals surface area contributed by atoms with Crippen molar-refractivity contribution in [3.63, 3.8) is 0 Å². The van der Waals surface area contributed by atoms with Gasteiger partial charge in [0.2, 0.25) is 0 Å². The summed E-state index contributed by atoms with van der Waals surface area (Å²) in [5.74, 6) is 0.563. The zero-order chi connectivity index (χ0) is 16.1. The molecule has 0 spiro atoms. The van der Waals surface area contributed by atoms with E-state index in [-0.39, 0.29) is 5.82 Å². The van der Waals surface area contributed by atoms with Crippen LogP contribution in [0.4, 0.5) is 9.39 Å². The molecule has 0 aliphatic carbocycles. The van der Waals surface area contributed by atoms with Crippen molar-refractivity contribution in [3.8, 4) is 11.3 Å². The lowest BCUT2D eigenvalue weighted by molar-refractivity contribution is 0.628. The molecule has 0 aliphatic heterocycles. The van der Waals surface area contributed by atoms with Crippen LogP contribution in [0.2, 0.25) is 0 Å². The number of nitrogen functional groups attached to an aromatic ring is 1. The van der Waals surface area contributed by atoms with Crippen LogP contribution < -0.4 is 5.73 Å². The molecule has 5 heteroatoms. The van der Waals surface area contributed by atoms with Crippen LogP contribution in [0.1, 0.15) is 5.56 Å². The Morgan fingerprint density at radius 3 is 2.57 bits per heavy atom. The van der Waals surface area contributed by atoms with E-state index in [1.807, 2.05) is 18.2 Å². The summed E-state index contributed by atoms with van der Waals surface area (Å²) in [5.41, 5.74) is 8.78. The predicted octanol–water partition coefficient (Wildman–Crippen LogP) is 5.34. The lowest BCUT2D eigenvalue weighted by atomic mass is 10.2. The molecular weight excluding hydrogens is 327 g/mol. The maximum Gasteiger partial charge on any atom is 0.152 e. The molecule has 3 rings (SSSR count). The number of benzene rings is 2. The Morgan fingerprint density at radius 2 is 1.83 bits per heavy atom. The Labute approximate surface area is 142 Å². The molecule has 0 fully saturated rings. The molecule has 2 nitrogen and oxygen atoms in total. The first-order valence-electron chi connectivity index (χ1n) is 7.09. The van der Waals surface area contributed by atoms with Gasteiger partial charge in [-0.25, -0.2) is 9.37 Å². The predicted molar refractivity (Wildman–Crippen MR) is 98.1 cm³/mol. The van der Waals surface area contributed by atoms with E-state index in [9.17, 15) is 4.39 Å². The first kappa shape index (κ1) is 15.8. The molecule has 2 aromatic carbocycles. The van der Waals surface area contributed by atoms with Crippen LogP contribution in [0.15, 0.2) is 65.0 Å². The highest BCUT2D eigenvalue weighted by atomic mass is 32.2. The van der Waals surface area contributed by atoms with Crippen molar-refractivity contribution >= 4 is 34.2 Å². The smallest absolute Gasteiger partial charge is 0.152 e. The lowest BCUT2D eigenvalue weighted by Crippen LogP contribution is -1.86. The van der Waals surface area contributed by atoms with Crippen LogP contribution >= 0.6 is 23.1 Å². The van der Waals surface area contributed by atoms with Crippen molar-refractivity contribution < 1.29 is 4.39 Å². The Hall–Kier alpha value is -2.11. The second kappa shape index (κ2) is 7.44. The number of rotatable bonds is 5. The van der Waals surface area contributed by atoms with Gasteiger partial charge in [-0.1, -0.05) is 65.6 Å². The van der Waals surface area contributed by atoms with Gasteiger partial charge in [0.05, 0.1) is 0 Å². The lowest BCUT2D eigenvalue weighted by Gasteiger charge is -1.97. The number of hydrogen-bond donors (Lipinski definition) is 1. The summed E-state index contributed by atoms with van der Waals surface area (Å²) in [6, 6.07) is 16.4. The summed E-state index contributed by atoms with van der Waals surface area (Å²) >= 11 is 3.10. The van der Waals surface area contributed by atoms with Crippen LogP contribution in [-0.4, -0.2) is 10.7 Å². The second-order valence-electron chi connectivity index (χ2n) is 4.82. The van der Waals surface area contributed by atoms with Crippen LogP contribution in [0.5, 0.6) is 0 Å². The molecule has 23 heavy (non-hydrogen) atoms. The van der Waals surface area contributed by atoms with Gasteiger partial charge in [0.15, 0.2) is 4.34 Å². The average molecular weight is 342 g/mol. The number of nitrogens with two attached hydrogens (primary N) is 1. The van der Waals surface area contributed by atoms with E-state index in [2.05, 4.69) is 29.3 Å². The highest BCUT2D eigenvalue weighted by Crippen LogP contribution is 2.35. The third-order valence-electron chi connectivity index (χ3n) is 3.16. The number of thiazole rings is 1. The molecule has 1 aromatic heterocycles. The Bertz CT molecular complexity index is 796. The zero-order valence-electron chi connectivity index (χ0n) is 12.3. The SMILES string of the molecule is Nc1sc(SC/C=C/c2ccccc2)nc1-c1ccc(F)cc1. The van der Waals surface area contributed by atoms with Gasteiger partial charge in [0, 0.05) is 11.3 Å². The summed E-state index contributed by atoms with van der Waals surface area (Å²) < 4.78 is 13.9. The minimum Gasteiger partial charge on any atom is -0.389 e. The summed E-state index contributed by atoms with van der Waals surface area (Å²) in [7, 11) is 0. The van der Waals surface area contributed by atoms with Gasteiger partial charge in [-0.3, -0.25) is 0 Å². The molecule has 2 N–H and O–H groups in total. The second-order valence-corrected chi connectivity index (χ2v) is 7.12. The number of aromatic nitrogens is 1. The molecular formula is C18H15FN2S2. The third-order valence-corrected chi connectivity index (χ3v) is 5.14.